The first-order valence-corrected chi connectivity index (χ1v) is 21.3. The fraction of sp³-hybridized carbons (Fsp3) is 0. The van der Waals surface area contributed by atoms with Gasteiger partial charge in [-0.25, -0.2) is 15.0 Å². The minimum Gasteiger partial charge on any atom is -0.455 e. The summed E-state index contributed by atoms with van der Waals surface area (Å²) in [6.07, 6.45) is 0. The van der Waals surface area contributed by atoms with E-state index in [4.69, 9.17) is 19.4 Å². The molecule has 0 N–H and O–H groups in total. The fourth-order valence-electron chi connectivity index (χ4n) is 9.04. The Hall–Kier alpha value is -8.47. The molecule has 294 valence electrons. The van der Waals surface area contributed by atoms with Crippen molar-refractivity contribution in [3.05, 3.63) is 224 Å². The molecule has 0 radical (unpaired) electrons. The normalized spacial score (nSPS) is 11.5. The van der Waals surface area contributed by atoms with Crippen LogP contribution in [0.2, 0.25) is 0 Å². The minimum atomic E-state index is 0.580. The van der Waals surface area contributed by atoms with Gasteiger partial charge in [0.2, 0.25) is 0 Å². The maximum Gasteiger partial charge on any atom is 0.164 e. The van der Waals surface area contributed by atoms with E-state index >= 15 is 0 Å². The molecule has 0 aliphatic rings. The van der Waals surface area contributed by atoms with E-state index in [0.29, 0.717) is 17.5 Å². The van der Waals surface area contributed by atoms with Crippen molar-refractivity contribution in [2.24, 2.45) is 0 Å². The SMILES string of the molecule is c1ccc(-c2ccc(-c3nc(-c4cccc5c(-c6ccccc6)cccc45)nc(-c4cccc5oc6c(-c7ccc(-c8ccc9ccccc9c8)cc7)cccc6c45)n3)cc2)cc1. The van der Waals surface area contributed by atoms with Crippen LogP contribution >= 0.6 is 0 Å². The van der Waals surface area contributed by atoms with Gasteiger partial charge in [-0.3, -0.25) is 0 Å². The topological polar surface area (TPSA) is 51.8 Å². The Kier molecular flexibility index (Phi) is 8.79. The highest BCUT2D eigenvalue weighted by atomic mass is 16.3. The van der Waals surface area contributed by atoms with Gasteiger partial charge < -0.3 is 4.42 Å². The maximum atomic E-state index is 6.79. The van der Waals surface area contributed by atoms with Crippen molar-refractivity contribution < 1.29 is 4.42 Å². The largest absolute Gasteiger partial charge is 0.455 e. The van der Waals surface area contributed by atoms with E-state index in [1.54, 1.807) is 0 Å². The number of para-hydroxylation sites is 1. The van der Waals surface area contributed by atoms with Crippen molar-refractivity contribution >= 4 is 43.5 Å². The van der Waals surface area contributed by atoms with Crippen LogP contribution in [0.3, 0.4) is 0 Å². The average molecular weight is 804 g/mol. The van der Waals surface area contributed by atoms with Crippen LogP contribution in [0.4, 0.5) is 0 Å². The molecule has 63 heavy (non-hydrogen) atoms. The molecule has 4 nitrogen and oxygen atoms in total. The Labute approximate surface area is 364 Å². The van der Waals surface area contributed by atoms with E-state index in [0.717, 1.165) is 82.8 Å². The molecule has 12 rings (SSSR count). The van der Waals surface area contributed by atoms with Gasteiger partial charge in [0.1, 0.15) is 11.2 Å². The van der Waals surface area contributed by atoms with E-state index in [1.165, 1.54) is 21.9 Å². The van der Waals surface area contributed by atoms with E-state index in [1.807, 2.05) is 18.2 Å². The first-order chi connectivity index (χ1) is 31.2. The molecule has 0 aliphatic carbocycles. The lowest BCUT2D eigenvalue weighted by molar-refractivity contribution is 0.670. The molecule has 2 aromatic heterocycles. The summed E-state index contributed by atoms with van der Waals surface area (Å²) >= 11 is 0. The molecule has 0 saturated carbocycles. The van der Waals surface area contributed by atoms with Crippen molar-refractivity contribution in [2.45, 2.75) is 0 Å². The van der Waals surface area contributed by atoms with E-state index in [-0.39, 0.29) is 0 Å². The van der Waals surface area contributed by atoms with Gasteiger partial charge in [0.05, 0.1) is 0 Å². The van der Waals surface area contributed by atoms with E-state index in [9.17, 15) is 0 Å². The summed E-state index contributed by atoms with van der Waals surface area (Å²) in [6, 6.07) is 78.7. The van der Waals surface area contributed by atoms with Crippen LogP contribution in [0.25, 0.3) is 122 Å². The number of benzene rings is 10. The van der Waals surface area contributed by atoms with Crippen LogP contribution in [-0.2, 0) is 0 Å². The number of nitrogens with zero attached hydrogens (tertiary/aromatic N) is 3. The highest BCUT2D eigenvalue weighted by Crippen LogP contribution is 2.42. The molecule has 0 aliphatic heterocycles. The second-order valence-electron chi connectivity index (χ2n) is 15.9. The second-order valence-corrected chi connectivity index (χ2v) is 15.9. The molecule has 0 saturated heterocycles. The van der Waals surface area contributed by atoms with Gasteiger partial charge in [0.15, 0.2) is 17.5 Å². The lowest BCUT2D eigenvalue weighted by atomic mass is 9.95. The number of aromatic nitrogens is 3. The Morgan fingerprint density at radius 2 is 0.746 bits per heavy atom. The van der Waals surface area contributed by atoms with Crippen molar-refractivity contribution in [3.63, 3.8) is 0 Å². The zero-order valence-corrected chi connectivity index (χ0v) is 34.1. The summed E-state index contributed by atoms with van der Waals surface area (Å²) in [6.45, 7) is 0. The smallest absolute Gasteiger partial charge is 0.164 e. The van der Waals surface area contributed by atoms with Crippen molar-refractivity contribution in [1.29, 1.82) is 0 Å². The standard InChI is InChI=1S/C59H37N3O/c1-3-13-38(14-4-1)40-29-34-44(35-30-40)57-60-58(51-23-11-21-49-47(19-9-22-50(49)51)42-16-5-2-6-17-42)62-59(61-57)53-25-12-26-54-55(53)52-24-10-20-48(56(52)63-54)43-32-27-41(28-33-43)46-36-31-39-15-7-8-18-45(39)37-46/h1-37H. The number of hydrogen-bond acceptors (Lipinski definition) is 4. The van der Waals surface area contributed by atoms with Crippen molar-refractivity contribution in [1.82, 2.24) is 15.0 Å². The third kappa shape index (κ3) is 6.53. The summed E-state index contributed by atoms with van der Waals surface area (Å²) in [5.41, 5.74) is 13.4. The molecule has 0 unspecified atom stereocenters. The Bertz CT molecular complexity index is 3650. The predicted molar refractivity (Wildman–Crippen MR) is 260 cm³/mol. The molecule has 0 bridgehead atoms. The molecule has 2 heterocycles. The summed E-state index contributed by atoms with van der Waals surface area (Å²) in [5.74, 6) is 1.79. The Morgan fingerprint density at radius 3 is 1.49 bits per heavy atom. The lowest BCUT2D eigenvalue weighted by Gasteiger charge is -2.13. The van der Waals surface area contributed by atoms with Crippen LogP contribution in [-0.4, -0.2) is 15.0 Å². The maximum absolute atomic E-state index is 6.79. The van der Waals surface area contributed by atoms with Gasteiger partial charge in [-0.1, -0.05) is 212 Å². The molecule has 0 spiro atoms. The van der Waals surface area contributed by atoms with Gasteiger partial charge in [-0.05, 0) is 72.6 Å². The Morgan fingerprint density at radius 1 is 0.270 bits per heavy atom. The third-order valence-electron chi connectivity index (χ3n) is 12.2. The highest BCUT2D eigenvalue weighted by molar-refractivity contribution is 6.15. The minimum absolute atomic E-state index is 0.580. The number of furan rings is 1. The third-order valence-corrected chi connectivity index (χ3v) is 12.2. The molecule has 0 atom stereocenters. The summed E-state index contributed by atoms with van der Waals surface area (Å²) in [5, 5.41) is 6.65. The van der Waals surface area contributed by atoms with Crippen LogP contribution in [0.15, 0.2) is 229 Å². The molecule has 0 amide bonds. The van der Waals surface area contributed by atoms with E-state index in [2.05, 4.69) is 206 Å². The van der Waals surface area contributed by atoms with Crippen LogP contribution in [0, 0.1) is 0 Å². The van der Waals surface area contributed by atoms with Crippen LogP contribution in [0.5, 0.6) is 0 Å². The zero-order valence-electron chi connectivity index (χ0n) is 34.1. The van der Waals surface area contributed by atoms with Gasteiger partial charge >= 0.3 is 0 Å². The monoisotopic (exact) mass is 803 g/mol. The molecule has 12 aromatic rings. The zero-order chi connectivity index (χ0) is 41.7. The van der Waals surface area contributed by atoms with Gasteiger partial charge in [0.25, 0.3) is 0 Å². The summed E-state index contributed by atoms with van der Waals surface area (Å²) in [7, 11) is 0. The van der Waals surface area contributed by atoms with Gasteiger partial charge in [-0.15, -0.1) is 0 Å². The lowest BCUT2D eigenvalue weighted by Crippen LogP contribution is -2.01. The van der Waals surface area contributed by atoms with E-state index < -0.39 is 0 Å². The summed E-state index contributed by atoms with van der Waals surface area (Å²) < 4.78 is 6.79. The second kappa shape index (κ2) is 15.2. The van der Waals surface area contributed by atoms with Crippen LogP contribution < -0.4 is 0 Å². The molecule has 4 heteroatoms. The molecule has 0 fully saturated rings. The number of fused-ring (bicyclic) bond motifs is 5. The fourth-order valence-corrected chi connectivity index (χ4v) is 9.04. The quantitative estimate of drug-likeness (QED) is 0.161. The predicted octanol–water partition coefficient (Wildman–Crippen LogP) is 15.7. The average Bonchev–Trinajstić information content (AvgIpc) is 3.76. The summed E-state index contributed by atoms with van der Waals surface area (Å²) in [4.78, 5) is 15.8. The Balaban J connectivity index is 1.01. The number of rotatable bonds is 7. The van der Waals surface area contributed by atoms with Crippen molar-refractivity contribution in [2.75, 3.05) is 0 Å². The van der Waals surface area contributed by atoms with Crippen LogP contribution in [0.1, 0.15) is 0 Å². The van der Waals surface area contributed by atoms with Crippen molar-refractivity contribution in [3.8, 4) is 78.7 Å². The van der Waals surface area contributed by atoms with Gasteiger partial charge in [-0.2, -0.15) is 0 Å². The number of hydrogen-bond donors (Lipinski definition) is 0. The molecule has 10 aromatic carbocycles. The molecular weight excluding hydrogens is 767 g/mol. The first-order valence-electron chi connectivity index (χ1n) is 21.3. The molecular formula is C59H37N3O. The first kappa shape index (κ1) is 36.4. The van der Waals surface area contributed by atoms with Gasteiger partial charge in [0, 0.05) is 33.0 Å². The highest BCUT2D eigenvalue weighted by Gasteiger charge is 2.21.